The minimum atomic E-state index is -4.84. The van der Waals surface area contributed by atoms with Crippen LogP contribution in [0.3, 0.4) is 0 Å². The number of nitrogens with zero attached hydrogens (tertiary/aromatic N) is 2. The molecule has 6 nitrogen and oxygen atoms in total. The number of aromatic nitrogens is 2. The van der Waals surface area contributed by atoms with Crippen molar-refractivity contribution in [2.24, 2.45) is 7.05 Å². The molecular weight excluding hydrogens is 438 g/mol. The topological polar surface area (TPSA) is 81.1 Å². The normalized spacial score (nSPS) is 12.1. The molecule has 11 heteroatoms. The van der Waals surface area contributed by atoms with Gasteiger partial charge < -0.3 is 0 Å². The SMILES string of the molecule is Cc1ccccc1NS(=O)(=O)c1cc(-c2nn(C)c(C(F)(F)F)cc2=O)c(F)cc1C. The lowest BCUT2D eigenvalue weighted by Crippen LogP contribution is -2.23. The Morgan fingerprint density at radius 2 is 1.68 bits per heavy atom. The van der Waals surface area contributed by atoms with Crippen LogP contribution in [0.1, 0.15) is 16.8 Å². The number of anilines is 1. The second-order valence-corrected chi connectivity index (χ2v) is 8.53. The van der Waals surface area contributed by atoms with Crippen LogP contribution >= 0.6 is 0 Å². The highest BCUT2D eigenvalue weighted by Gasteiger charge is 2.35. The number of nitrogens with one attached hydrogen (secondary N) is 1. The van der Waals surface area contributed by atoms with Crippen molar-refractivity contribution in [2.75, 3.05) is 4.72 Å². The van der Waals surface area contributed by atoms with Gasteiger partial charge in [-0.25, -0.2) is 12.8 Å². The molecule has 3 aromatic rings. The van der Waals surface area contributed by atoms with E-state index in [1.54, 1.807) is 31.2 Å². The van der Waals surface area contributed by atoms with Crippen molar-refractivity contribution in [2.45, 2.75) is 24.9 Å². The predicted octanol–water partition coefficient (Wildman–Crippen LogP) is 4.02. The second-order valence-electron chi connectivity index (χ2n) is 6.88. The third-order valence-electron chi connectivity index (χ3n) is 4.59. The maximum absolute atomic E-state index is 14.6. The maximum Gasteiger partial charge on any atom is 0.433 e. The molecule has 0 spiro atoms. The lowest BCUT2D eigenvalue weighted by Gasteiger charge is -2.15. The molecule has 31 heavy (non-hydrogen) atoms. The van der Waals surface area contributed by atoms with Crippen LogP contribution in [-0.2, 0) is 23.2 Å². The van der Waals surface area contributed by atoms with Crippen LogP contribution in [0.5, 0.6) is 0 Å². The Hall–Kier alpha value is -3.21. The molecule has 0 unspecified atom stereocenters. The first kappa shape index (κ1) is 22.5. The Kier molecular flexibility index (Phi) is 5.66. The Balaban J connectivity index is 2.16. The van der Waals surface area contributed by atoms with E-state index < -0.39 is 44.4 Å². The minimum Gasteiger partial charge on any atom is -0.287 e. The second kappa shape index (κ2) is 7.80. The molecule has 0 bridgehead atoms. The average Bonchev–Trinajstić information content (AvgIpc) is 2.64. The zero-order chi connectivity index (χ0) is 23.1. The van der Waals surface area contributed by atoms with Crippen molar-refractivity contribution >= 4 is 15.7 Å². The Morgan fingerprint density at radius 1 is 1.03 bits per heavy atom. The van der Waals surface area contributed by atoms with Crippen molar-refractivity contribution in [1.82, 2.24) is 9.78 Å². The van der Waals surface area contributed by atoms with Gasteiger partial charge in [0.1, 0.15) is 17.2 Å². The number of benzene rings is 2. The number of aryl methyl sites for hydroxylation is 3. The van der Waals surface area contributed by atoms with Gasteiger partial charge in [-0.2, -0.15) is 18.3 Å². The van der Waals surface area contributed by atoms with E-state index in [0.29, 0.717) is 22.0 Å². The highest BCUT2D eigenvalue weighted by Crippen LogP contribution is 2.30. The van der Waals surface area contributed by atoms with Crippen LogP contribution in [0.2, 0.25) is 0 Å². The molecule has 0 aliphatic rings. The quantitative estimate of drug-likeness (QED) is 0.603. The molecule has 0 radical (unpaired) electrons. The summed E-state index contributed by atoms with van der Waals surface area (Å²) in [5.74, 6) is -0.989. The molecule has 0 saturated heterocycles. The minimum absolute atomic E-state index is 0.0473. The summed E-state index contributed by atoms with van der Waals surface area (Å²) in [7, 11) is -3.25. The van der Waals surface area contributed by atoms with Gasteiger partial charge >= 0.3 is 6.18 Å². The molecule has 3 rings (SSSR count). The third-order valence-corrected chi connectivity index (χ3v) is 6.10. The molecule has 0 aliphatic carbocycles. The summed E-state index contributed by atoms with van der Waals surface area (Å²) in [6.45, 7) is 3.05. The molecule has 1 aromatic heterocycles. The Morgan fingerprint density at radius 3 is 2.29 bits per heavy atom. The number of para-hydroxylation sites is 1. The van der Waals surface area contributed by atoms with E-state index >= 15 is 0 Å². The number of rotatable bonds is 4. The van der Waals surface area contributed by atoms with Gasteiger partial charge in [-0.1, -0.05) is 18.2 Å². The monoisotopic (exact) mass is 455 g/mol. The number of hydrogen-bond acceptors (Lipinski definition) is 4. The number of hydrogen-bond donors (Lipinski definition) is 1. The van der Waals surface area contributed by atoms with Gasteiger partial charge in [-0.3, -0.25) is 14.2 Å². The smallest absolute Gasteiger partial charge is 0.287 e. The number of halogens is 4. The summed E-state index contributed by atoms with van der Waals surface area (Å²) in [6, 6.07) is 8.66. The molecule has 0 fully saturated rings. The van der Waals surface area contributed by atoms with Crippen LogP contribution in [-0.4, -0.2) is 18.2 Å². The summed E-state index contributed by atoms with van der Waals surface area (Å²) in [5, 5.41) is 3.55. The van der Waals surface area contributed by atoms with E-state index in [0.717, 1.165) is 19.2 Å². The molecule has 0 amide bonds. The molecule has 1 N–H and O–H groups in total. The van der Waals surface area contributed by atoms with E-state index in [-0.39, 0.29) is 10.5 Å². The van der Waals surface area contributed by atoms with Gasteiger partial charge in [0.25, 0.3) is 10.0 Å². The largest absolute Gasteiger partial charge is 0.433 e. The molecule has 164 valence electrons. The first-order chi connectivity index (χ1) is 14.3. The van der Waals surface area contributed by atoms with Crippen molar-refractivity contribution < 1.29 is 26.0 Å². The molecule has 0 aliphatic heterocycles. The highest BCUT2D eigenvalue weighted by molar-refractivity contribution is 7.92. The fourth-order valence-corrected chi connectivity index (χ4v) is 4.39. The zero-order valence-corrected chi connectivity index (χ0v) is 17.4. The predicted molar refractivity (Wildman–Crippen MR) is 107 cm³/mol. The van der Waals surface area contributed by atoms with Gasteiger partial charge in [-0.05, 0) is 43.2 Å². The molecule has 2 aromatic carbocycles. The standard InChI is InChI=1S/C20H17F4N3O3S/c1-11-6-4-5-7-15(11)26-31(29,30)17-9-13(14(21)8-12(17)2)19-16(28)10-18(20(22,23)24)27(3)25-19/h4-10,26H,1-3H3. The van der Waals surface area contributed by atoms with Crippen LogP contribution in [0, 0.1) is 19.7 Å². The van der Waals surface area contributed by atoms with E-state index in [1.807, 2.05) is 0 Å². The van der Waals surface area contributed by atoms with Gasteiger partial charge in [0.15, 0.2) is 0 Å². The highest BCUT2D eigenvalue weighted by atomic mass is 32.2. The first-order valence-corrected chi connectivity index (χ1v) is 10.3. The van der Waals surface area contributed by atoms with Crippen LogP contribution in [0.15, 0.2) is 52.2 Å². The lowest BCUT2D eigenvalue weighted by atomic mass is 10.1. The summed E-state index contributed by atoms with van der Waals surface area (Å²) in [5.41, 5.74) is -2.68. The summed E-state index contributed by atoms with van der Waals surface area (Å²) in [6.07, 6.45) is -4.84. The fourth-order valence-electron chi connectivity index (χ4n) is 3.00. The van der Waals surface area contributed by atoms with Crippen molar-refractivity contribution in [3.05, 3.63) is 75.3 Å². The molecule has 0 saturated carbocycles. The van der Waals surface area contributed by atoms with E-state index in [4.69, 9.17) is 0 Å². The van der Waals surface area contributed by atoms with Crippen LogP contribution in [0.25, 0.3) is 11.3 Å². The van der Waals surface area contributed by atoms with Gasteiger partial charge in [0.05, 0.1) is 10.6 Å². The van der Waals surface area contributed by atoms with Gasteiger partial charge in [0.2, 0.25) is 5.43 Å². The summed E-state index contributed by atoms with van der Waals surface area (Å²) in [4.78, 5) is 11.9. The Bertz CT molecular complexity index is 1330. The van der Waals surface area contributed by atoms with E-state index in [9.17, 15) is 30.8 Å². The third kappa shape index (κ3) is 4.46. The summed E-state index contributed by atoms with van der Waals surface area (Å²) >= 11 is 0. The van der Waals surface area contributed by atoms with E-state index in [2.05, 4.69) is 9.82 Å². The van der Waals surface area contributed by atoms with E-state index in [1.165, 1.54) is 6.92 Å². The van der Waals surface area contributed by atoms with Crippen LogP contribution in [0.4, 0.5) is 23.2 Å². The Labute approximate surface area is 175 Å². The fraction of sp³-hybridized carbons (Fsp3) is 0.200. The number of sulfonamides is 1. The van der Waals surface area contributed by atoms with Crippen molar-refractivity contribution in [3.8, 4) is 11.3 Å². The van der Waals surface area contributed by atoms with Gasteiger partial charge in [0, 0.05) is 18.7 Å². The van der Waals surface area contributed by atoms with Gasteiger partial charge in [-0.15, -0.1) is 0 Å². The summed E-state index contributed by atoms with van der Waals surface area (Å²) < 4.78 is 82.2. The van der Waals surface area contributed by atoms with Crippen molar-refractivity contribution in [3.63, 3.8) is 0 Å². The first-order valence-electron chi connectivity index (χ1n) is 8.86. The molecule has 1 heterocycles. The molecular formula is C20H17F4N3O3S. The lowest BCUT2D eigenvalue weighted by molar-refractivity contribution is -0.144. The van der Waals surface area contributed by atoms with Crippen molar-refractivity contribution in [1.29, 1.82) is 0 Å². The number of alkyl halides is 3. The zero-order valence-electron chi connectivity index (χ0n) is 16.6. The average molecular weight is 455 g/mol. The maximum atomic E-state index is 14.6. The molecule has 0 atom stereocenters. The van der Waals surface area contributed by atoms with Crippen LogP contribution < -0.4 is 10.2 Å².